The molecule has 0 saturated carbocycles. The minimum Gasteiger partial charge on any atom is -0.504 e. The van der Waals surface area contributed by atoms with Gasteiger partial charge in [0, 0.05) is 18.2 Å². The number of carboxylic acids is 4. The molecule has 42 heavy (non-hydrogen) atoms. The Kier molecular flexibility index (Phi) is 13.2. The SMILES string of the molecule is N[C@@H](CCC(=O)N[C@H](CS[C@](OC(=O)/C=C/c1ccc(O)c(O)c1)(C(=O)O)[C@H](O)C(=O)O)C(=O)NCC(=O)O)C(=O)O. The lowest BCUT2D eigenvalue weighted by Gasteiger charge is -2.31. The summed E-state index contributed by atoms with van der Waals surface area (Å²) >= 11 is -0.112. The summed E-state index contributed by atoms with van der Waals surface area (Å²) in [5.74, 6) is -13.0. The van der Waals surface area contributed by atoms with E-state index < -0.39 is 101 Å². The Morgan fingerprint density at radius 3 is 2.17 bits per heavy atom. The number of thioether (sulfide) groups is 1. The average molecular weight is 618 g/mol. The van der Waals surface area contributed by atoms with Gasteiger partial charge >= 0.3 is 29.8 Å². The average Bonchev–Trinajstić information content (AvgIpc) is 2.91. The van der Waals surface area contributed by atoms with Crippen molar-refractivity contribution >= 4 is 59.5 Å². The van der Waals surface area contributed by atoms with Gasteiger partial charge < -0.3 is 56.8 Å². The van der Waals surface area contributed by atoms with Gasteiger partial charge in [0.1, 0.15) is 18.6 Å². The summed E-state index contributed by atoms with van der Waals surface area (Å²) in [5.41, 5.74) is 5.42. The van der Waals surface area contributed by atoms with Gasteiger partial charge in [-0.25, -0.2) is 14.4 Å². The first-order valence-corrected chi connectivity index (χ1v) is 12.5. The van der Waals surface area contributed by atoms with E-state index in [1.807, 2.05) is 5.32 Å². The molecule has 0 heterocycles. The predicted molar refractivity (Wildman–Crippen MR) is 139 cm³/mol. The number of amides is 2. The zero-order chi connectivity index (χ0) is 32.2. The van der Waals surface area contributed by atoms with Crippen molar-refractivity contribution in [2.45, 2.75) is 36.0 Å². The Bertz CT molecular complexity index is 1250. The molecule has 0 aliphatic heterocycles. The second-order valence-electron chi connectivity index (χ2n) is 8.24. The number of aliphatic hydroxyl groups is 1. The number of aliphatic hydroxyl groups excluding tert-OH is 1. The number of carbonyl (C=O) groups excluding carboxylic acids is 3. The van der Waals surface area contributed by atoms with E-state index in [-0.39, 0.29) is 17.3 Å². The zero-order valence-corrected chi connectivity index (χ0v) is 22.1. The molecule has 19 heteroatoms. The highest BCUT2D eigenvalue weighted by Gasteiger charge is 2.54. The molecule has 18 nitrogen and oxygen atoms in total. The van der Waals surface area contributed by atoms with Gasteiger partial charge in [0.05, 0.1) is 0 Å². The first-order chi connectivity index (χ1) is 19.5. The van der Waals surface area contributed by atoms with Crippen LogP contribution in [0.4, 0.5) is 0 Å². The van der Waals surface area contributed by atoms with Crippen LogP contribution in [0.15, 0.2) is 24.3 Å². The standard InChI is InChI=1S/C23H27N3O15S/c24-11(20(35)36)3-5-15(29)26-12(19(34)25-8-16(30)31)9-42-23(22(39)40,18(33)21(37)38)41-17(32)6-2-10-1-4-13(27)14(28)7-10/h1-2,4,6-7,11-12,18,27-28,33H,3,5,8-9,24H2,(H,25,34)(H,26,29)(H,30,31)(H,35,36)(H,37,38)(H,39,40)/b6-2+/t11-,12+,18+,23-/m0/s1. The van der Waals surface area contributed by atoms with Crippen LogP contribution in [-0.4, -0.2) is 113 Å². The Morgan fingerprint density at radius 1 is 1.00 bits per heavy atom. The van der Waals surface area contributed by atoms with E-state index >= 15 is 0 Å². The molecule has 0 aliphatic carbocycles. The molecule has 4 atom stereocenters. The molecule has 0 spiro atoms. The maximum absolute atomic E-state index is 12.5. The van der Waals surface area contributed by atoms with Crippen LogP contribution in [0.2, 0.25) is 0 Å². The summed E-state index contributed by atoms with van der Waals surface area (Å²) in [4.78, 5) is 79.4. The fourth-order valence-electron chi connectivity index (χ4n) is 2.89. The monoisotopic (exact) mass is 617 g/mol. The molecule has 0 radical (unpaired) electrons. The first kappa shape index (κ1) is 35.1. The van der Waals surface area contributed by atoms with E-state index in [1.54, 1.807) is 0 Å². The van der Waals surface area contributed by atoms with Crippen molar-refractivity contribution in [2.75, 3.05) is 12.3 Å². The lowest BCUT2D eigenvalue weighted by molar-refractivity contribution is -0.181. The third-order valence-electron chi connectivity index (χ3n) is 5.09. The topological polar surface area (TPSA) is 320 Å². The molecule has 0 aliphatic rings. The van der Waals surface area contributed by atoms with Gasteiger partial charge in [-0.15, -0.1) is 0 Å². The lowest BCUT2D eigenvalue weighted by Crippen LogP contribution is -2.56. The van der Waals surface area contributed by atoms with Crippen molar-refractivity contribution in [3.8, 4) is 11.5 Å². The van der Waals surface area contributed by atoms with Gasteiger partial charge in [-0.3, -0.25) is 19.2 Å². The summed E-state index contributed by atoms with van der Waals surface area (Å²) in [7, 11) is 0. The Morgan fingerprint density at radius 2 is 1.64 bits per heavy atom. The number of carboxylic acid groups (broad SMARTS) is 4. The molecule has 1 aromatic rings. The van der Waals surface area contributed by atoms with Gasteiger partial charge in [-0.1, -0.05) is 17.8 Å². The number of aromatic hydroxyl groups is 2. The normalized spacial score (nSPS) is 14.5. The van der Waals surface area contributed by atoms with Crippen LogP contribution in [-0.2, 0) is 38.3 Å². The second kappa shape index (κ2) is 15.8. The number of benzene rings is 1. The summed E-state index contributed by atoms with van der Waals surface area (Å²) in [6.07, 6.45) is -2.30. The van der Waals surface area contributed by atoms with Crippen molar-refractivity contribution in [1.29, 1.82) is 0 Å². The first-order valence-electron chi connectivity index (χ1n) is 11.5. The number of aliphatic carboxylic acids is 4. The van der Waals surface area contributed by atoms with E-state index in [0.29, 0.717) is 6.08 Å². The quantitative estimate of drug-likeness (QED) is 0.0373. The van der Waals surface area contributed by atoms with Crippen LogP contribution in [0.3, 0.4) is 0 Å². The number of rotatable bonds is 17. The van der Waals surface area contributed by atoms with Crippen molar-refractivity contribution in [1.82, 2.24) is 10.6 Å². The number of phenolic OH excluding ortho intramolecular Hbond substituents is 2. The van der Waals surface area contributed by atoms with Crippen LogP contribution in [0.25, 0.3) is 6.08 Å². The van der Waals surface area contributed by atoms with Crippen LogP contribution < -0.4 is 16.4 Å². The molecule has 0 bridgehead atoms. The number of ether oxygens (including phenoxy) is 1. The molecule has 0 unspecified atom stereocenters. The summed E-state index contributed by atoms with van der Waals surface area (Å²) in [6.45, 7) is -0.950. The smallest absolute Gasteiger partial charge is 0.362 e. The number of nitrogens with two attached hydrogens (primary N) is 1. The molecule has 0 fully saturated rings. The summed E-state index contributed by atoms with van der Waals surface area (Å²) in [6, 6.07) is 0.0443. The fraction of sp³-hybridized carbons (Fsp3) is 0.348. The number of hydrogen-bond donors (Lipinski definition) is 10. The molecular formula is C23H27N3O15S. The molecule has 11 N–H and O–H groups in total. The summed E-state index contributed by atoms with van der Waals surface area (Å²) < 4.78 is 4.81. The van der Waals surface area contributed by atoms with E-state index in [2.05, 4.69) is 5.32 Å². The van der Waals surface area contributed by atoms with Crippen LogP contribution in [0, 0.1) is 0 Å². The van der Waals surface area contributed by atoms with Crippen LogP contribution in [0.1, 0.15) is 18.4 Å². The summed E-state index contributed by atoms with van der Waals surface area (Å²) in [5, 5.41) is 69.9. The van der Waals surface area contributed by atoms with E-state index in [4.69, 9.17) is 20.7 Å². The lowest BCUT2D eigenvalue weighted by atomic mass is 10.1. The largest absolute Gasteiger partial charge is 0.504 e. The van der Waals surface area contributed by atoms with Crippen molar-refractivity contribution in [3.63, 3.8) is 0 Å². The third kappa shape index (κ3) is 10.6. The highest BCUT2D eigenvalue weighted by Crippen LogP contribution is 2.33. The van der Waals surface area contributed by atoms with Crippen LogP contribution >= 0.6 is 11.8 Å². The molecular weight excluding hydrogens is 590 g/mol. The Balaban J connectivity index is 3.27. The predicted octanol–water partition coefficient (Wildman–Crippen LogP) is -2.51. The van der Waals surface area contributed by atoms with Gasteiger partial charge in [0.2, 0.25) is 17.9 Å². The van der Waals surface area contributed by atoms with Gasteiger partial charge in [0.15, 0.2) is 11.5 Å². The van der Waals surface area contributed by atoms with Crippen LogP contribution in [0.5, 0.6) is 11.5 Å². The molecule has 2 amide bonds. The molecule has 230 valence electrons. The second-order valence-corrected chi connectivity index (χ2v) is 9.47. The number of carbonyl (C=O) groups is 7. The maximum Gasteiger partial charge on any atom is 0.362 e. The third-order valence-corrected chi connectivity index (χ3v) is 6.50. The highest BCUT2D eigenvalue weighted by molar-refractivity contribution is 8.01. The number of esters is 1. The molecule has 0 aromatic heterocycles. The minimum atomic E-state index is -3.33. The minimum absolute atomic E-state index is 0.107. The maximum atomic E-state index is 12.5. The Labute approximate surface area is 239 Å². The zero-order valence-electron chi connectivity index (χ0n) is 21.3. The van der Waals surface area contributed by atoms with Gasteiger partial charge in [-0.2, -0.15) is 0 Å². The van der Waals surface area contributed by atoms with Crippen molar-refractivity contribution in [2.24, 2.45) is 5.73 Å². The van der Waals surface area contributed by atoms with E-state index in [9.17, 15) is 59.1 Å². The van der Waals surface area contributed by atoms with Crippen molar-refractivity contribution < 1.29 is 74.0 Å². The number of hydrogen-bond acceptors (Lipinski definition) is 13. The van der Waals surface area contributed by atoms with Crippen molar-refractivity contribution in [3.05, 3.63) is 29.8 Å². The van der Waals surface area contributed by atoms with E-state index in [0.717, 1.165) is 18.2 Å². The molecule has 0 saturated heterocycles. The molecule has 1 aromatic carbocycles. The fourth-order valence-corrected chi connectivity index (χ4v) is 4.07. The Hall–Kier alpha value is -4.88. The van der Waals surface area contributed by atoms with Gasteiger partial charge in [0.25, 0.3) is 4.93 Å². The highest BCUT2D eigenvalue weighted by atomic mass is 32.2. The molecule has 1 rings (SSSR count). The van der Waals surface area contributed by atoms with E-state index in [1.165, 1.54) is 6.07 Å². The van der Waals surface area contributed by atoms with Gasteiger partial charge in [-0.05, 0) is 30.2 Å². The number of nitrogens with one attached hydrogen (secondary N) is 2. The number of phenols is 2.